The van der Waals surface area contributed by atoms with E-state index in [0.717, 1.165) is 47.5 Å². The molecule has 8 rings (SSSR count). The molecule has 0 aliphatic carbocycles. The third-order valence-corrected chi connectivity index (χ3v) is 10.9. The first-order valence-corrected chi connectivity index (χ1v) is 19.6. The van der Waals surface area contributed by atoms with Gasteiger partial charge in [0.1, 0.15) is 22.1 Å². The molecule has 4 N–H and O–H groups in total. The lowest BCUT2D eigenvalue weighted by Crippen LogP contribution is -2.41. The number of ether oxygens (including phenoxy) is 1. The molecule has 2 fully saturated rings. The molecule has 5 heterocycles. The Balaban J connectivity index is 0.814. The standard InChI is InChI=1S/C43H42ClN9O5/c1-25-34(24-52(2)51-25)39-49-37-38(35(44)22-46-40(37)50-39)58-32-15-11-29(12-16-32)41(55)47-20-26-5-7-30(8-6-26)43(57)53-19-3-4-27(23-53)21-45-31-13-9-28(10-14-31)33-17-18-36(54)48-42(33)56/h5-16,22,24,27,33,45H,3-4,17-21,23H2,1-2H3,(H,47,55)(H,46,49,50)(H,48,54,56)/t27?,33-/m0/s1. The number of H-pyrrole nitrogens is 1. The van der Waals surface area contributed by atoms with Crippen LogP contribution in [0.15, 0.2) is 85.2 Å². The summed E-state index contributed by atoms with van der Waals surface area (Å²) in [5, 5.41) is 13.6. The number of amides is 4. The number of carbonyl (C=O) groups is 4. The summed E-state index contributed by atoms with van der Waals surface area (Å²) in [5.41, 5.74) is 6.43. The van der Waals surface area contributed by atoms with Crippen LogP contribution in [0.5, 0.6) is 11.5 Å². The highest BCUT2D eigenvalue weighted by molar-refractivity contribution is 6.32. The molecule has 2 saturated heterocycles. The number of pyridine rings is 1. The van der Waals surface area contributed by atoms with Crippen LogP contribution in [0, 0.1) is 12.8 Å². The van der Waals surface area contributed by atoms with Gasteiger partial charge in [0.15, 0.2) is 11.4 Å². The first-order valence-electron chi connectivity index (χ1n) is 19.2. The highest BCUT2D eigenvalue weighted by atomic mass is 35.5. The monoisotopic (exact) mass is 799 g/mol. The number of halogens is 1. The number of imide groups is 1. The Morgan fingerprint density at radius 3 is 2.47 bits per heavy atom. The van der Waals surface area contributed by atoms with Gasteiger partial charge in [-0.2, -0.15) is 5.10 Å². The van der Waals surface area contributed by atoms with E-state index in [9.17, 15) is 19.2 Å². The number of nitrogens with zero attached hydrogens (tertiary/aromatic N) is 5. The largest absolute Gasteiger partial charge is 0.453 e. The van der Waals surface area contributed by atoms with Crippen molar-refractivity contribution < 1.29 is 23.9 Å². The van der Waals surface area contributed by atoms with Crippen molar-refractivity contribution in [1.82, 2.24) is 40.3 Å². The van der Waals surface area contributed by atoms with Gasteiger partial charge < -0.3 is 25.3 Å². The van der Waals surface area contributed by atoms with Gasteiger partial charge in [0.25, 0.3) is 11.8 Å². The van der Waals surface area contributed by atoms with Gasteiger partial charge in [0, 0.05) is 62.7 Å². The van der Waals surface area contributed by atoms with Gasteiger partial charge in [0.05, 0.1) is 23.4 Å². The van der Waals surface area contributed by atoms with Gasteiger partial charge >= 0.3 is 0 Å². The van der Waals surface area contributed by atoms with Crippen molar-refractivity contribution in [3.8, 4) is 22.9 Å². The molecule has 0 spiro atoms. The Morgan fingerprint density at radius 1 is 0.983 bits per heavy atom. The molecule has 2 atom stereocenters. The second-order valence-electron chi connectivity index (χ2n) is 14.8. The van der Waals surface area contributed by atoms with Gasteiger partial charge in [-0.1, -0.05) is 35.9 Å². The number of fused-ring (bicyclic) bond motifs is 1. The topological polar surface area (TPSA) is 176 Å². The van der Waals surface area contributed by atoms with Crippen LogP contribution in [0.3, 0.4) is 0 Å². The third kappa shape index (κ3) is 8.42. The SMILES string of the molecule is Cc1nn(C)cc1-c1nc2ncc(Cl)c(Oc3ccc(C(=O)NCc4ccc(C(=O)N5CCCC(CNc6ccc([C@@H]7CCC(=O)NC7=O)cc6)C5)cc4)cc3)c2[nH]1. The quantitative estimate of drug-likeness (QED) is 0.106. The maximum Gasteiger partial charge on any atom is 0.253 e. The van der Waals surface area contributed by atoms with Crippen LogP contribution in [0.2, 0.25) is 5.02 Å². The highest BCUT2D eigenvalue weighted by Crippen LogP contribution is 2.36. The summed E-state index contributed by atoms with van der Waals surface area (Å²) < 4.78 is 7.88. The van der Waals surface area contributed by atoms with Crippen LogP contribution in [0.1, 0.15) is 69.1 Å². The second-order valence-corrected chi connectivity index (χ2v) is 15.2. The molecule has 3 aromatic carbocycles. The zero-order valence-electron chi connectivity index (χ0n) is 32.0. The minimum absolute atomic E-state index is 0.0125. The van der Waals surface area contributed by atoms with Crippen LogP contribution in [-0.4, -0.2) is 72.9 Å². The molecule has 0 radical (unpaired) electrons. The second kappa shape index (κ2) is 16.5. The van der Waals surface area contributed by atoms with Crippen LogP contribution in [-0.2, 0) is 23.2 Å². The predicted molar refractivity (Wildman–Crippen MR) is 219 cm³/mol. The van der Waals surface area contributed by atoms with E-state index in [0.29, 0.717) is 83.0 Å². The normalized spacial score (nSPS) is 16.9. The number of rotatable bonds is 11. The van der Waals surface area contributed by atoms with Crippen molar-refractivity contribution in [3.63, 3.8) is 0 Å². The van der Waals surface area contributed by atoms with E-state index in [1.807, 2.05) is 73.6 Å². The maximum atomic E-state index is 13.5. The lowest BCUT2D eigenvalue weighted by Gasteiger charge is -2.33. The van der Waals surface area contributed by atoms with Crippen molar-refractivity contribution >= 4 is 52.1 Å². The Bertz CT molecular complexity index is 2500. The number of likely N-dealkylation sites (tertiary alicyclic amines) is 1. The highest BCUT2D eigenvalue weighted by Gasteiger charge is 2.28. The van der Waals surface area contributed by atoms with Gasteiger partial charge in [-0.25, -0.2) is 9.97 Å². The lowest BCUT2D eigenvalue weighted by atomic mass is 9.90. The Kier molecular flexibility index (Phi) is 10.9. The number of hydrogen-bond donors (Lipinski definition) is 4. The lowest BCUT2D eigenvalue weighted by molar-refractivity contribution is -0.134. The molecule has 2 aliphatic heterocycles. The third-order valence-electron chi connectivity index (χ3n) is 10.6. The van der Waals surface area contributed by atoms with Gasteiger partial charge in [-0.3, -0.25) is 29.2 Å². The van der Waals surface area contributed by atoms with Gasteiger partial charge in [-0.15, -0.1) is 0 Å². The van der Waals surface area contributed by atoms with E-state index in [1.165, 1.54) is 6.20 Å². The number of anilines is 1. The fourth-order valence-corrected chi connectivity index (χ4v) is 7.70. The van der Waals surface area contributed by atoms with Crippen molar-refractivity contribution in [2.45, 2.75) is 45.1 Å². The molecular weight excluding hydrogens is 758 g/mol. The number of piperidine rings is 2. The molecule has 4 amide bonds. The summed E-state index contributed by atoms with van der Waals surface area (Å²) >= 11 is 6.50. The number of imidazole rings is 1. The van der Waals surface area contributed by atoms with Crippen molar-refractivity contribution in [2.24, 2.45) is 13.0 Å². The van der Waals surface area contributed by atoms with E-state index in [1.54, 1.807) is 28.9 Å². The maximum absolute atomic E-state index is 13.5. The first-order chi connectivity index (χ1) is 28.1. The molecule has 6 aromatic rings. The fourth-order valence-electron chi connectivity index (χ4n) is 7.52. The van der Waals surface area contributed by atoms with E-state index >= 15 is 0 Å². The number of hydrogen-bond acceptors (Lipinski definition) is 9. The van der Waals surface area contributed by atoms with Crippen LogP contribution < -0.4 is 20.7 Å². The Hall–Kier alpha value is -6.54. The molecule has 0 saturated carbocycles. The van der Waals surface area contributed by atoms with Crippen molar-refractivity contribution in [3.05, 3.63) is 118 Å². The van der Waals surface area contributed by atoms with Crippen LogP contribution in [0.25, 0.3) is 22.6 Å². The van der Waals surface area contributed by atoms with E-state index in [-0.39, 0.29) is 29.5 Å². The smallest absolute Gasteiger partial charge is 0.253 e. The minimum Gasteiger partial charge on any atom is -0.453 e. The summed E-state index contributed by atoms with van der Waals surface area (Å²) in [6.45, 7) is 4.27. The number of carbonyl (C=O) groups excluding carboxylic acids is 4. The van der Waals surface area contributed by atoms with Gasteiger partial charge in [-0.05, 0) is 91.8 Å². The summed E-state index contributed by atoms with van der Waals surface area (Å²) in [5.74, 6) is 0.711. The number of nitrogens with one attached hydrogen (secondary N) is 4. The Labute approximate surface area is 339 Å². The van der Waals surface area contributed by atoms with Crippen LogP contribution >= 0.6 is 11.6 Å². The summed E-state index contributed by atoms with van der Waals surface area (Å²) in [6, 6.07) is 21.9. The van der Waals surface area contributed by atoms with E-state index in [2.05, 4.69) is 36.0 Å². The van der Waals surface area contributed by atoms with Crippen molar-refractivity contribution in [1.29, 1.82) is 0 Å². The number of aryl methyl sites for hydroxylation is 2. The van der Waals surface area contributed by atoms with E-state index < -0.39 is 0 Å². The average molecular weight is 800 g/mol. The number of aromatic amines is 1. The van der Waals surface area contributed by atoms with Crippen LogP contribution in [0.4, 0.5) is 5.69 Å². The predicted octanol–water partition coefficient (Wildman–Crippen LogP) is 6.53. The first kappa shape index (κ1) is 38.3. The zero-order chi connectivity index (χ0) is 40.3. The zero-order valence-corrected chi connectivity index (χ0v) is 32.8. The summed E-state index contributed by atoms with van der Waals surface area (Å²) in [6.07, 6.45) is 6.17. The molecule has 1 unspecified atom stereocenters. The molecule has 3 aromatic heterocycles. The molecule has 58 heavy (non-hydrogen) atoms. The molecule has 14 nitrogen and oxygen atoms in total. The van der Waals surface area contributed by atoms with Gasteiger partial charge in [0.2, 0.25) is 11.8 Å². The molecule has 15 heteroatoms. The molecule has 296 valence electrons. The molecular formula is C43H42ClN9O5. The summed E-state index contributed by atoms with van der Waals surface area (Å²) in [4.78, 5) is 64.4. The Morgan fingerprint density at radius 2 is 1.74 bits per heavy atom. The molecule has 0 bridgehead atoms. The minimum atomic E-state index is -0.308. The number of benzene rings is 3. The van der Waals surface area contributed by atoms with E-state index in [4.69, 9.17) is 16.3 Å². The molecule has 2 aliphatic rings. The average Bonchev–Trinajstić information content (AvgIpc) is 3.82. The fraction of sp³-hybridized carbons (Fsp3) is 0.279. The summed E-state index contributed by atoms with van der Waals surface area (Å²) in [7, 11) is 1.85. The number of aromatic nitrogens is 5. The van der Waals surface area contributed by atoms with Crippen molar-refractivity contribution in [2.75, 3.05) is 25.0 Å².